The van der Waals surface area contributed by atoms with Crippen molar-refractivity contribution in [3.63, 3.8) is 0 Å². The molecule has 1 amide bonds. The summed E-state index contributed by atoms with van der Waals surface area (Å²) in [5, 5.41) is 8.68. The van der Waals surface area contributed by atoms with E-state index in [4.69, 9.17) is 0 Å². The monoisotopic (exact) mass is 483 g/mol. The van der Waals surface area contributed by atoms with Gasteiger partial charge in [-0.1, -0.05) is 29.5 Å². The van der Waals surface area contributed by atoms with Crippen molar-refractivity contribution in [2.45, 2.75) is 0 Å². The first-order chi connectivity index (χ1) is 17.2. The Morgan fingerprint density at radius 3 is 2.46 bits per heavy atom. The fraction of sp³-hybridized carbons (Fsp3) is 0.160. The number of anilines is 3. The standard InChI is InChI=1S/C25H21N7O2S/c33-22(31-15-13-30(14-16-31)21-7-3-4-12-26-21)17-8-10-18(11-9-17)27-24-29-32-23(34)19-5-1-2-6-20(19)28-25(32)35-24/h1-12H,13-16H2,(H,27,29). The van der Waals surface area contributed by atoms with Crippen LogP contribution >= 0.6 is 11.3 Å². The van der Waals surface area contributed by atoms with Gasteiger partial charge in [0.2, 0.25) is 10.1 Å². The Hall–Kier alpha value is -4.31. The van der Waals surface area contributed by atoms with Gasteiger partial charge in [0.05, 0.1) is 10.9 Å². The summed E-state index contributed by atoms with van der Waals surface area (Å²) in [5.41, 5.74) is 1.86. The molecule has 1 N–H and O–H groups in total. The Labute approximate surface area is 204 Å². The van der Waals surface area contributed by atoms with Crippen LogP contribution < -0.4 is 15.8 Å². The van der Waals surface area contributed by atoms with Gasteiger partial charge in [0.15, 0.2) is 0 Å². The number of pyridine rings is 1. The molecule has 9 nitrogen and oxygen atoms in total. The molecule has 1 aliphatic heterocycles. The van der Waals surface area contributed by atoms with E-state index in [2.05, 4.69) is 25.3 Å². The smallest absolute Gasteiger partial charge is 0.283 e. The van der Waals surface area contributed by atoms with Gasteiger partial charge in [-0.3, -0.25) is 9.59 Å². The van der Waals surface area contributed by atoms with Crippen LogP contribution in [0.15, 0.2) is 77.7 Å². The predicted octanol–water partition coefficient (Wildman–Crippen LogP) is 3.41. The molecule has 1 fully saturated rings. The van der Waals surface area contributed by atoms with Crippen LogP contribution in [0.1, 0.15) is 10.4 Å². The third-order valence-electron chi connectivity index (χ3n) is 6.03. The zero-order valence-electron chi connectivity index (χ0n) is 18.7. The Morgan fingerprint density at radius 2 is 1.69 bits per heavy atom. The van der Waals surface area contributed by atoms with Gasteiger partial charge in [0.1, 0.15) is 5.82 Å². The van der Waals surface area contributed by atoms with Gasteiger partial charge in [-0.15, -0.1) is 5.10 Å². The van der Waals surface area contributed by atoms with E-state index in [0.717, 1.165) is 24.6 Å². The first-order valence-electron chi connectivity index (χ1n) is 11.3. The van der Waals surface area contributed by atoms with Gasteiger partial charge in [-0.2, -0.15) is 4.52 Å². The molecular weight excluding hydrogens is 462 g/mol. The van der Waals surface area contributed by atoms with Crippen molar-refractivity contribution in [3.8, 4) is 0 Å². The first kappa shape index (κ1) is 21.2. The van der Waals surface area contributed by atoms with Crippen molar-refractivity contribution in [1.82, 2.24) is 24.5 Å². The highest BCUT2D eigenvalue weighted by atomic mass is 32.1. The fourth-order valence-corrected chi connectivity index (χ4v) is 5.01. The number of nitrogens with zero attached hydrogens (tertiary/aromatic N) is 6. The summed E-state index contributed by atoms with van der Waals surface area (Å²) in [6.45, 7) is 2.80. The number of fused-ring (bicyclic) bond motifs is 2. The third-order valence-corrected chi connectivity index (χ3v) is 6.85. The van der Waals surface area contributed by atoms with Gasteiger partial charge in [-0.05, 0) is 48.5 Å². The molecule has 1 aliphatic rings. The molecule has 3 aromatic heterocycles. The molecule has 0 spiro atoms. The van der Waals surface area contributed by atoms with Crippen LogP contribution in [0.2, 0.25) is 0 Å². The molecule has 2 aromatic carbocycles. The molecular formula is C25H21N7O2S. The second-order valence-corrected chi connectivity index (χ2v) is 9.16. The number of piperazine rings is 1. The van der Waals surface area contributed by atoms with Crippen molar-refractivity contribution in [1.29, 1.82) is 0 Å². The molecule has 0 bridgehead atoms. The third kappa shape index (κ3) is 4.08. The number of hydrogen-bond acceptors (Lipinski definition) is 8. The highest BCUT2D eigenvalue weighted by Gasteiger charge is 2.22. The van der Waals surface area contributed by atoms with Gasteiger partial charge >= 0.3 is 0 Å². The maximum atomic E-state index is 13.0. The summed E-state index contributed by atoms with van der Waals surface area (Å²) in [6, 6.07) is 20.4. The maximum Gasteiger partial charge on any atom is 0.283 e. The van der Waals surface area contributed by atoms with Crippen LogP contribution in [0, 0.1) is 0 Å². The van der Waals surface area contributed by atoms with Crippen molar-refractivity contribution in [2.75, 3.05) is 36.4 Å². The minimum atomic E-state index is -0.195. The summed E-state index contributed by atoms with van der Waals surface area (Å²) in [4.78, 5) is 39.2. The van der Waals surface area contributed by atoms with E-state index in [1.54, 1.807) is 12.3 Å². The number of amides is 1. The summed E-state index contributed by atoms with van der Waals surface area (Å²) in [6.07, 6.45) is 1.79. The maximum absolute atomic E-state index is 13.0. The van der Waals surface area contributed by atoms with Crippen molar-refractivity contribution in [3.05, 3.63) is 88.8 Å². The van der Waals surface area contributed by atoms with E-state index >= 15 is 0 Å². The van der Waals surface area contributed by atoms with Crippen LogP contribution in [-0.4, -0.2) is 56.6 Å². The summed E-state index contributed by atoms with van der Waals surface area (Å²) in [5.74, 6) is 0.954. The number of rotatable bonds is 4. The van der Waals surface area contributed by atoms with Crippen molar-refractivity contribution >= 4 is 49.7 Å². The van der Waals surface area contributed by atoms with E-state index in [-0.39, 0.29) is 11.5 Å². The Kier molecular flexibility index (Phi) is 5.34. The average Bonchev–Trinajstić information content (AvgIpc) is 3.32. The number of aromatic nitrogens is 4. The number of carbonyl (C=O) groups is 1. The number of benzene rings is 2. The van der Waals surface area contributed by atoms with Gasteiger partial charge in [-0.25, -0.2) is 9.97 Å². The van der Waals surface area contributed by atoms with Crippen LogP contribution in [0.25, 0.3) is 15.9 Å². The highest BCUT2D eigenvalue weighted by Crippen LogP contribution is 2.23. The second kappa shape index (κ2) is 8.80. The SMILES string of the molecule is O=C(c1ccc(Nc2nn3c(=O)c4ccccc4nc3s2)cc1)N1CCN(c2ccccn2)CC1. The zero-order valence-corrected chi connectivity index (χ0v) is 19.5. The van der Waals surface area contributed by atoms with E-state index in [9.17, 15) is 9.59 Å². The number of nitrogens with one attached hydrogen (secondary N) is 1. The van der Waals surface area contributed by atoms with Crippen LogP contribution in [0.5, 0.6) is 0 Å². The lowest BCUT2D eigenvalue weighted by Crippen LogP contribution is -2.49. The summed E-state index contributed by atoms with van der Waals surface area (Å²) >= 11 is 1.30. The Balaban J connectivity index is 1.14. The highest BCUT2D eigenvalue weighted by molar-refractivity contribution is 7.20. The van der Waals surface area contributed by atoms with E-state index in [0.29, 0.717) is 39.6 Å². The lowest BCUT2D eigenvalue weighted by molar-refractivity contribution is 0.0746. The van der Waals surface area contributed by atoms with E-state index in [1.165, 1.54) is 15.9 Å². The Morgan fingerprint density at radius 1 is 0.914 bits per heavy atom. The number of carbonyl (C=O) groups excluding carboxylic acids is 1. The quantitative estimate of drug-likeness (QED) is 0.419. The average molecular weight is 484 g/mol. The Bertz CT molecular complexity index is 1570. The first-order valence-corrected chi connectivity index (χ1v) is 12.1. The second-order valence-electron chi connectivity index (χ2n) is 8.21. The minimum Gasteiger partial charge on any atom is -0.353 e. The number of hydrogen-bond donors (Lipinski definition) is 1. The van der Waals surface area contributed by atoms with E-state index < -0.39 is 0 Å². The molecule has 1 saturated heterocycles. The van der Waals surface area contributed by atoms with Crippen molar-refractivity contribution in [2.24, 2.45) is 0 Å². The van der Waals surface area contributed by atoms with Crippen LogP contribution in [0.3, 0.4) is 0 Å². The number of para-hydroxylation sites is 1. The molecule has 5 aromatic rings. The molecule has 4 heterocycles. The molecule has 6 rings (SSSR count). The van der Waals surface area contributed by atoms with Gasteiger partial charge < -0.3 is 15.1 Å². The van der Waals surface area contributed by atoms with Gasteiger partial charge in [0.25, 0.3) is 11.5 Å². The normalized spacial score (nSPS) is 13.9. The summed E-state index contributed by atoms with van der Waals surface area (Å²) in [7, 11) is 0. The molecule has 0 aliphatic carbocycles. The van der Waals surface area contributed by atoms with E-state index in [1.807, 2.05) is 65.6 Å². The molecule has 0 unspecified atom stereocenters. The molecule has 35 heavy (non-hydrogen) atoms. The zero-order chi connectivity index (χ0) is 23.8. The van der Waals surface area contributed by atoms with Crippen LogP contribution in [-0.2, 0) is 0 Å². The molecule has 10 heteroatoms. The predicted molar refractivity (Wildman–Crippen MR) is 137 cm³/mol. The lowest BCUT2D eigenvalue weighted by Gasteiger charge is -2.35. The topological polar surface area (TPSA) is 95.7 Å². The lowest BCUT2D eigenvalue weighted by atomic mass is 10.1. The van der Waals surface area contributed by atoms with Crippen molar-refractivity contribution < 1.29 is 4.79 Å². The molecule has 0 atom stereocenters. The molecule has 174 valence electrons. The van der Waals surface area contributed by atoms with Gasteiger partial charge in [0, 0.05) is 43.6 Å². The van der Waals surface area contributed by atoms with Crippen LogP contribution in [0.4, 0.5) is 16.6 Å². The minimum absolute atomic E-state index is 0.0136. The molecule has 0 saturated carbocycles. The summed E-state index contributed by atoms with van der Waals surface area (Å²) < 4.78 is 1.32. The fourth-order valence-electron chi connectivity index (χ4n) is 4.19. The largest absolute Gasteiger partial charge is 0.353 e. The molecule has 0 radical (unpaired) electrons.